The third kappa shape index (κ3) is 3.71. The molecule has 0 radical (unpaired) electrons. The summed E-state index contributed by atoms with van der Waals surface area (Å²) in [7, 11) is 0. The van der Waals surface area contributed by atoms with E-state index in [4.69, 9.17) is 0 Å². The minimum Gasteiger partial charge on any atom is -0.502 e. The van der Waals surface area contributed by atoms with Gasteiger partial charge in [-0.2, -0.15) is 5.10 Å². The van der Waals surface area contributed by atoms with E-state index in [-0.39, 0.29) is 17.4 Å². The molecule has 31 heavy (non-hydrogen) atoms. The van der Waals surface area contributed by atoms with Crippen LogP contribution in [0.4, 0.5) is 4.39 Å². The standard InChI is InChI=1S/C24H24FN3O3/c1-3-12-27-14-19(28-22(24(27)31)23(30)20(29)13-26-28)21(16-8-10-17(25)11-9-16)18-7-5-4-6-15(18)2/h4-11,13,19,21,30H,3,12,14H2,1-2H3/t19-,21?/m0/s1. The molecule has 3 aromatic rings. The fourth-order valence-corrected chi connectivity index (χ4v) is 4.37. The van der Waals surface area contributed by atoms with Gasteiger partial charge in [0.1, 0.15) is 5.82 Å². The first-order valence-electron chi connectivity index (χ1n) is 10.3. The largest absolute Gasteiger partial charge is 0.502 e. The molecule has 160 valence electrons. The van der Waals surface area contributed by atoms with Crippen molar-refractivity contribution in [2.45, 2.75) is 32.2 Å². The number of nitrogens with zero attached hydrogens (tertiary/aromatic N) is 3. The fraction of sp³-hybridized carbons (Fsp3) is 0.292. The molecule has 6 nitrogen and oxygen atoms in total. The normalized spacial score (nSPS) is 16.8. The Hall–Kier alpha value is -3.48. The van der Waals surface area contributed by atoms with Crippen LogP contribution in [0, 0.1) is 12.7 Å². The smallest absolute Gasteiger partial charge is 0.276 e. The summed E-state index contributed by atoms with van der Waals surface area (Å²) in [6.07, 6.45) is 1.77. The molecule has 2 heterocycles. The highest BCUT2D eigenvalue weighted by Crippen LogP contribution is 2.40. The zero-order valence-corrected chi connectivity index (χ0v) is 17.5. The average molecular weight is 421 g/mol. The zero-order valence-electron chi connectivity index (χ0n) is 17.5. The molecule has 0 bridgehead atoms. The number of hydrogen-bond acceptors (Lipinski definition) is 4. The number of carbonyl (C=O) groups is 1. The number of aromatic nitrogens is 2. The van der Waals surface area contributed by atoms with Gasteiger partial charge in [0.25, 0.3) is 5.91 Å². The van der Waals surface area contributed by atoms with Gasteiger partial charge >= 0.3 is 0 Å². The molecular weight excluding hydrogens is 397 g/mol. The minimum atomic E-state index is -0.689. The van der Waals surface area contributed by atoms with Crippen LogP contribution in [0.15, 0.2) is 59.5 Å². The van der Waals surface area contributed by atoms with Gasteiger partial charge in [-0.25, -0.2) is 4.39 Å². The third-order valence-electron chi connectivity index (χ3n) is 5.83. The Morgan fingerprint density at radius 2 is 1.87 bits per heavy atom. The highest BCUT2D eigenvalue weighted by Gasteiger charge is 2.39. The van der Waals surface area contributed by atoms with Crippen LogP contribution in [0.1, 0.15) is 52.5 Å². The number of halogens is 1. The maximum Gasteiger partial charge on any atom is 0.276 e. The van der Waals surface area contributed by atoms with Crippen molar-refractivity contribution in [1.29, 1.82) is 0 Å². The molecule has 2 aromatic carbocycles. The van der Waals surface area contributed by atoms with Crippen molar-refractivity contribution >= 4 is 5.91 Å². The zero-order chi connectivity index (χ0) is 22.1. The monoisotopic (exact) mass is 421 g/mol. The minimum absolute atomic E-state index is 0.0992. The van der Waals surface area contributed by atoms with E-state index in [1.165, 1.54) is 16.8 Å². The molecule has 1 unspecified atom stereocenters. The summed E-state index contributed by atoms with van der Waals surface area (Å²) in [6, 6.07) is 13.8. The molecule has 2 atom stereocenters. The van der Waals surface area contributed by atoms with Crippen LogP contribution in [-0.2, 0) is 0 Å². The van der Waals surface area contributed by atoms with Crippen LogP contribution in [0.5, 0.6) is 5.75 Å². The Morgan fingerprint density at radius 1 is 1.16 bits per heavy atom. The second-order valence-electron chi connectivity index (χ2n) is 7.85. The van der Waals surface area contributed by atoms with Gasteiger partial charge in [-0.1, -0.05) is 43.3 Å². The maximum absolute atomic E-state index is 13.7. The molecule has 0 saturated heterocycles. The Balaban J connectivity index is 1.96. The summed E-state index contributed by atoms with van der Waals surface area (Å²) in [5.74, 6) is -1.61. The molecular formula is C24H24FN3O3. The summed E-state index contributed by atoms with van der Waals surface area (Å²) in [6.45, 7) is 4.81. The summed E-state index contributed by atoms with van der Waals surface area (Å²) in [4.78, 5) is 26.8. The van der Waals surface area contributed by atoms with Gasteiger partial charge in [0.15, 0.2) is 11.4 Å². The Morgan fingerprint density at radius 3 is 2.55 bits per heavy atom. The number of hydrogen-bond donors (Lipinski definition) is 1. The Kier molecular flexibility index (Phi) is 5.59. The molecule has 0 spiro atoms. The van der Waals surface area contributed by atoms with Crippen LogP contribution in [-0.4, -0.2) is 38.8 Å². The SMILES string of the molecule is CCCN1C[C@@H](C(c2ccc(F)cc2)c2ccccc2C)n2ncc(=O)c(O)c2C1=O. The lowest BCUT2D eigenvalue weighted by Crippen LogP contribution is -2.47. The number of aryl methyl sites for hydroxylation is 1. The summed E-state index contributed by atoms with van der Waals surface area (Å²) < 4.78 is 15.1. The molecule has 1 aliphatic heterocycles. The van der Waals surface area contributed by atoms with Crippen LogP contribution in [0.3, 0.4) is 0 Å². The van der Waals surface area contributed by atoms with Crippen molar-refractivity contribution in [2.24, 2.45) is 0 Å². The number of rotatable bonds is 5. The predicted molar refractivity (Wildman–Crippen MR) is 115 cm³/mol. The molecule has 4 rings (SSSR count). The molecule has 1 aliphatic rings. The van der Waals surface area contributed by atoms with Crippen molar-refractivity contribution in [3.8, 4) is 5.75 Å². The van der Waals surface area contributed by atoms with E-state index in [1.54, 1.807) is 17.0 Å². The summed E-state index contributed by atoms with van der Waals surface area (Å²) in [5.41, 5.74) is 2.12. The maximum atomic E-state index is 13.7. The lowest BCUT2D eigenvalue weighted by Gasteiger charge is -2.39. The van der Waals surface area contributed by atoms with Gasteiger partial charge in [-0.3, -0.25) is 14.3 Å². The molecule has 1 amide bonds. The van der Waals surface area contributed by atoms with Gasteiger partial charge < -0.3 is 10.0 Å². The van der Waals surface area contributed by atoms with Crippen molar-refractivity contribution in [3.05, 3.63) is 93.2 Å². The topological polar surface area (TPSA) is 75.4 Å². The van der Waals surface area contributed by atoms with E-state index in [2.05, 4.69) is 5.10 Å². The van der Waals surface area contributed by atoms with Crippen LogP contribution < -0.4 is 5.43 Å². The number of carbonyl (C=O) groups excluding carboxylic acids is 1. The first-order chi connectivity index (χ1) is 14.9. The number of aromatic hydroxyl groups is 1. The molecule has 0 fully saturated rings. The molecule has 0 saturated carbocycles. The van der Waals surface area contributed by atoms with Gasteiger partial charge in [-0.15, -0.1) is 0 Å². The van der Waals surface area contributed by atoms with E-state index in [9.17, 15) is 19.1 Å². The second-order valence-corrected chi connectivity index (χ2v) is 7.85. The van der Waals surface area contributed by atoms with Crippen LogP contribution >= 0.6 is 0 Å². The van der Waals surface area contributed by atoms with Gasteiger partial charge in [-0.05, 0) is 42.2 Å². The Labute approximate surface area is 179 Å². The van der Waals surface area contributed by atoms with Crippen molar-refractivity contribution in [3.63, 3.8) is 0 Å². The van der Waals surface area contributed by atoms with E-state index in [0.717, 1.165) is 29.3 Å². The van der Waals surface area contributed by atoms with Crippen molar-refractivity contribution in [1.82, 2.24) is 14.7 Å². The van der Waals surface area contributed by atoms with Crippen molar-refractivity contribution in [2.75, 3.05) is 13.1 Å². The second kappa shape index (κ2) is 8.34. The van der Waals surface area contributed by atoms with Crippen LogP contribution in [0.2, 0.25) is 0 Å². The van der Waals surface area contributed by atoms with Crippen molar-refractivity contribution < 1.29 is 14.3 Å². The Bertz CT molecular complexity index is 1170. The summed E-state index contributed by atoms with van der Waals surface area (Å²) in [5, 5.41) is 14.7. The molecule has 7 heteroatoms. The van der Waals surface area contributed by atoms with E-state index in [0.29, 0.717) is 13.1 Å². The molecule has 1 N–H and O–H groups in total. The number of amides is 1. The lowest BCUT2D eigenvalue weighted by atomic mass is 9.81. The van der Waals surface area contributed by atoms with E-state index in [1.807, 2.05) is 38.1 Å². The predicted octanol–water partition coefficient (Wildman–Crippen LogP) is 3.64. The highest BCUT2D eigenvalue weighted by atomic mass is 19.1. The highest BCUT2D eigenvalue weighted by molar-refractivity contribution is 5.95. The summed E-state index contributed by atoms with van der Waals surface area (Å²) >= 11 is 0. The molecule has 0 aliphatic carbocycles. The lowest BCUT2D eigenvalue weighted by molar-refractivity contribution is 0.0634. The molecule has 1 aromatic heterocycles. The average Bonchev–Trinajstić information content (AvgIpc) is 2.76. The van der Waals surface area contributed by atoms with Gasteiger partial charge in [0.2, 0.25) is 5.43 Å². The number of fused-ring (bicyclic) bond motifs is 1. The van der Waals surface area contributed by atoms with E-state index >= 15 is 0 Å². The van der Waals surface area contributed by atoms with Gasteiger partial charge in [0, 0.05) is 19.0 Å². The third-order valence-corrected chi connectivity index (χ3v) is 5.83. The van der Waals surface area contributed by atoms with Gasteiger partial charge in [0.05, 0.1) is 12.2 Å². The number of benzene rings is 2. The first kappa shape index (κ1) is 20.8. The van der Waals surface area contributed by atoms with E-state index < -0.39 is 23.1 Å². The first-order valence-corrected chi connectivity index (χ1v) is 10.3. The fourth-order valence-electron chi connectivity index (χ4n) is 4.37. The van der Waals surface area contributed by atoms with Crippen LogP contribution in [0.25, 0.3) is 0 Å². The quantitative estimate of drug-likeness (QED) is 0.683.